The zero-order valence-corrected chi connectivity index (χ0v) is 13.9. The van der Waals surface area contributed by atoms with Gasteiger partial charge in [-0.2, -0.15) is 15.0 Å². The van der Waals surface area contributed by atoms with Gasteiger partial charge in [-0.1, -0.05) is 12.1 Å². The number of nitrogens with two attached hydrogens (primary N) is 1. The van der Waals surface area contributed by atoms with Crippen LogP contribution in [0.15, 0.2) is 24.3 Å². The molecule has 0 amide bonds. The van der Waals surface area contributed by atoms with Gasteiger partial charge in [-0.25, -0.2) is 4.39 Å². The molecular formula is C16H18FN5O3. The van der Waals surface area contributed by atoms with Gasteiger partial charge in [-0.15, -0.1) is 0 Å². The molecule has 0 aliphatic carbocycles. The highest BCUT2D eigenvalue weighted by molar-refractivity contribution is 5.83. The maximum Gasteiger partial charge on any atom is 0.320 e. The molecule has 3 aromatic rings. The lowest BCUT2D eigenvalue weighted by molar-refractivity contribution is 0.141. The molecule has 0 bridgehead atoms. The van der Waals surface area contributed by atoms with Gasteiger partial charge in [-0.05, 0) is 17.7 Å². The van der Waals surface area contributed by atoms with Crippen LogP contribution in [0.5, 0.6) is 12.0 Å². The topological polar surface area (TPSA) is 97.3 Å². The molecule has 0 aliphatic heterocycles. The van der Waals surface area contributed by atoms with Crippen molar-refractivity contribution >= 4 is 17.0 Å². The van der Waals surface area contributed by atoms with E-state index in [9.17, 15) is 4.39 Å². The summed E-state index contributed by atoms with van der Waals surface area (Å²) >= 11 is 0. The smallest absolute Gasteiger partial charge is 0.320 e. The number of ether oxygens (including phenoxy) is 3. The third-order valence-corrected chi connectivity index (χ3v) is 3.52. The van der Waals surface area contributed by atoms with Crippen molar-refractivity contribution in [3.63, 3.8) is 0 Å². The summed E-state index contributed by atoms with van der Waals surface area (Å²) in [5.74, 6) is -0.111. The largest absolute Gasteiger partial charge is 0.468 e. The van der Waals surface area contributed by atoms with Crippen LogP contribution < -0.4 is 15.2 Å². The average molecular weight is 347 g/mol. The summed E-state index contributed by atoms with van der Waals surface area (Å²) in [6.45, 7) is 1.08. The lowest BCUT2D eigenvalue weighted by Gasteiger charge is -2.08. The number of benzene rings is 1. The Morgan fingerprint density at radius 3 is 2.52 bits per heavy atom. The second-order valence-electron chi connectivity index (χ2n) is 5.22. The normalized spacial score (nSPS) is 11.0. The van der Waals surface area contributed by atoms with E-state index in [2.05, 4.69) is 15.0 Å². The van der Waals surface area contributed by atoms with Crippen LogP contribution in [0.2, 0.25) is 0 Å². The fourth-order valence-corrected chi connectivity index (χ4v) is 2.33. The van der Waals surface area contributed by atoms with Crippen LogP contribution in [0.3, 0.4) is 0 Å². The summed E-state index contributed by atoms with van der Waals surface area (Å²) in [4.78, 5) is 12.8. The Balaban J connectivity index is 2.00. The average Bonchev–Trinajstić information content (AvgIpc) is 2.95. The molecule has 8 nitrogen and oxygen atoms in total. The van der Waals surface area contributed by atoms with Gasteiger partial charge in [0.25, 0.3) is 6.01 Å². The van der Waals surface area contributed by atoms with E-state index in [0.717, 1.165) is 5.56 Å². The molecule has 0 unspecified atom stereocenters. The Kier molecular flexibility index (Phi) is 4.94. The second kappa shape index (κ2) is 7.31. The molecule has 0 atom stereocenters. The van der Waals surface area contributed by atoms with Crippen molar-refractivity contribution < 1.29 is 18.6 Å². The Morgan fingerprint density at radius 1 is 1.08 bits per heavy atom. The summed E-state index contributed by atoms with van der Waals surface area (Å²) in [7, 11) is 3.08. The number of nitrogens with zero attached hydrogens (tertiary/aromatic N) is 4. The maximum atomic E-state index is 13.1. The Morgan fingerprint density at radius 2 is 1.84 bits per heavy atom. The third kappa shape index (κ3) is 3.61. The summed E-state index contributed by atoms with van der Waals surface area (Å²) < 4.78 is 30.5. The predicted octanol–water partition coefficient (Wildman–Crippen LogP) is 1.63. The first kappa shape index (κ1) is 16.9. The molecule has 2 heterocycles. The highest BCUT2D eigenvalue weighted by atomic mass is 19.1. The van der Waals surface area contributed by atoms with E-state index in [1.165, 1.54) is 19.2 Å². The lowest BCUT2D eigenvalue weighted by atomic mass is 10.2. The zero-order chi connectivity index (χ0) is 17.8. The van der Waals surface area contributed by atoms with E-state index in [4.69, 9.17) is 19.9 Å². The van der Waals surface area contributed by atoms with Crippen LogP contribution in [-0.4, -0.2) is 47.0 Å². The van der Waals surface area contributed by atoms with Gasteiger partial charge >= 0.3 is 6.01 Å². The van der Waals surface area contributed by atoms with Crippen molar-refractivity contribution in [1.82, 2.24) is 19.5 Å². The lowest BCUT2D eigenvalue weighted by Crippen LogP contribution is -2.09. The van der Waals surface area contributed by atoms with Gasteiger partial charge in [0.1, 0.15) is 12.4 Å². The van der Waals surface area contributed by atoms with Crippen LogP contribution in [0.1, 0.15) is 5.56 Å². The summed E-state index contributed by atoms with van der Waals surface area (Å²) in [5.41, 5.74) is 7.72. The Hall–Kier alpha value is -2.94. The number of halogens is 1. The second-order valence-corrected chi connectivity index (χ2v) is 5.22. The summed E-state index contributed by atoms with van der Waals surface area (Å²) in [6, 6.07) is 6.61. The van der Waals surface area contributed by atoms with Gasteiger partial charge < -0.3 is 19.9 Å². The molecule has 3 rings (SSSR count). The number of imidazole rings is 1. The molecule has 25 heavy (non-hydrogen) atoms. The van der Waals surface area contributed by atoms with Crippen molar-refractivity contribution in [2.45, 2.75) is 6.54 Å². The molecule has 0 radical (unpaired) electrons. The first-order chi connectivity index (χ1) is 12.1. The molecule has 0 fully saturated rings. The number of methoxy groups -OCH3 is 2. The number of rotatable bonds is 7. The van der Waals surface area contributed by atoms with Crippen LogP contribution in [-0.2, 0) is 11.3 Å². The predicted molar refractivity (Wildman–Crippen MR) is 89.2 cm³/mol. The van der Waals surface area contributed by atoms with Gasteiger partial charge in [0.2, 0.25) is 0 Å². The SMILES string of the molecule is COCCOc1nc(N)c2nc(OC)n(Cc3ccc(F)cc3)c2n1. The third-order valence-electron chi connectivity index (χ3n) is 3.52. The minimum atomic E-state index is -0.299. The van der Waals surface area contributed by atoms with Crippen LogP contribution >= 0.6 is 0 Å². The molecule has 9 heteroatoms. The fraction of sp³-hybridized carbons (Fsp3) is 0.312. The van der Waals surface area contributed by atoms with E-state index in [1.807, 2.05) is 0 Å². The minimum absolute atomic E-state index is 0.130. The highest BCUT2D eigenvalue weighted by Crippen LogP contribution is 2.26. The van der Waals surface area contributed by atoms with Crippen molar-refractivity contribution in [1.29, 1.82) is 0 Å². The van der Waals surface area contributed by atoms with Crippen LogP contribution in [0, 0.1) is 5.82 Å². The van der Waals surface area contributed by atoms with Gasteiger partial charge in [0.15, 0.2) is 17.0 Å². The number of fused-ring (bicyclic) bond motifs is 1. The molecule has 0 aliphatic rings. The maximum absolute atomic E-state index is 13.1. The molecule has 2 aromatic heterocycles. The van der Waals surface area contributed by atoms with E-state index >= 15 is 0 Å². The van der Waals surface area contributed by atoms with E-state index in [0.29, 0.717) is 36.9 Å². The minimum Gasteiger partial charge on any atom is -0.468 e. The van der Waals surface area contributed by atoms with E-state index in [1.54, 1.807) is 23.8 Å². The van der Waals surface area contributed by atoms with E-state index in [-0.39, 0.29) is 17.6 Å². The fourth-order valence-electron chi connectivity index (χ4n) is 2.33. The number of hydrogen-bond acceptors (Lipinski definition) is 7. The molecule has 0 saturated carbocycles. The molecular weight excluding hydrogens is 329 g/mol. The molecule has 0 saturated heterocycles. The summed E-state index contributed by atoms with van der Waals surface area (Å²) in [5, 5.41) is 0. The first-order valence-electron chi connectivity index (χ1n) is 7.56. The van der Waals surface area contributed by atoms with Gasteiger partial charge in [-0.3, -0.25) is 4.57 Å². The quantitative estimate of drug-likeness (QED) is 0.649. The van der Waals surface area contributed by atoms with Crippen molar-refractivity contribution in [2.75, 3.05) is 33.2 Å². The monoisotopic (exact) mass is 347 g/mol. The zero-order valence-electron chi connectivity index (χ0n) is 13.9. The molecule has 2 N–H and O–H groups in total. The standard InChI is InChI=1S/C16H18FN5O3/c1-23-7-8-25-15-20-13(18)12-14(21-15)22(16(19-12)24-2)9-10-3-5-11(17)6-4-10/h3-6H,7-9H2,1-2H3,(H2,18,20,21). The molecule has 132 valence electrons. The number of hydrogen-bond donors (Lipinski definition) is 1. The van der Waals surface area contributed by atoms with Crippen LogP contribution in [0.25, 0.3) is 11.2 Å². The number of nitrogen functional groups attached to an aromatic ring is 1. The molecule has 1 aromatic carbocycles. The highest BCUT2D eigenvalue weighted by Gasteiger charge is 2.18. The molecule has 0 spiro atoms. The van der Waals surface area contributed by atoms with Gasteiger partial charge in [0, 0.05) is 7.11 Å². The number of anilines is 1. The van der Waals surface area contributed by atoms with Crippen molar-refractivity contribution in [3.05, 3.63) is 35.6 Å². The Bertz CT molecular complexity index is 866. The van der Waals surface area contributed by atoms with Gasteiger partial charge in [0.05, 0.1) is 20.3 Å². The summed E-state index contributed by atoms with van der Waals surface area (Å²) in [6.07, 6.45) is 0. The van der Waals surface area contributed by atoms with Crippen LogP contribution in [0.4, 0.5) is 10.2 Å². The van der Waals surface area contributed by atoms with Crippen molar-refractivity contribution in [2.24, 2.45) is 0 Å². The Labute approximate surface area is 143 Å². The first-order valence-corrected chi connectivity index (χ1v) is 7.56. The van der Waals surface area contributed by atoms with E-state index < -0.39 is 0 Å². The van der Waals surface area contributed by atoms with Crippen molar-refractivity contribution in [3.8, 4) is 12.0 Å². The number of aromatic nitrogens is 4.